The van der Waals surface area contributed by atoms with Crippen LogP contribution in [0.5, 0.6) is 0 Å². The van der Waals surface area contributed by atoms with Gasteiger partial charge in [-0.3, -0.25) is 5.10 Å². The molecule has 3 rings (SSSR count). The van der Waals surface area contributed by atoms with E-state index < -0.39 is 0 Å². The molecule has 4 N–H and O–H groups in total. The molecule has 4 heteroatoms. The van der Waals surface area contributed by atoms with Crippen LogP contribution in [0.3, 0.4) is 0 Å². The number of nitrogens with zero attached hydrogens (tertiary/aromatic N) is 1. The first-order valence-corrected chi connectivity index (χ1v) is 5.70. The molecule has 0 bridgehead atoms. The Balaban J connectivity index is 1.98. The normalized spacial score (nSPS) is 33.9. The van der Waals surface area contributed by atoms with Gasteiger partial charge in [-0.2, -0.15) is 5.10 Å². The Kier molecular flexibility index (Phi) is 1.91. The van der Waals surface area contributed by atoms with Gasteiger partial charge in [-0.15, -0.1) is 0 Å². The molecule has 15 heavy (non-hydrogen) atoms. The summed E-state index contributed by atoms with van der Waals surface area (Å²) < 4.78 is 0. The van der Waals surface area contributed by atoms with Gasteiger partial charge in [-0.05, 0) is 37.7 Å². The van der Waals surface area contributed by atoms with Gasteiger partial charge in [0.25, 0.3) is 0 Å². The van der Waals surface area contributed by atoms with E-state index in [0.717, 1.165) is 31.4 Å². The van der Waals surface area contributed by atoms with E-state index in [2.05, 4.69) is 10.2 Å². The van der Waals surface area contributed by atoms with Crippen molar-refractivity contribution < 1.29 is 5.11 Å². The fraction of sp³-hybridized carbons (Fsp3) is 0.727. The Hall–Kier alpha value is -0.870. The fourth-order valence-electron chi connectivity index (χ4n) is 3.06. The maximum Gasteiger partial charge on any atom is 0.0733 e. The van der Waals surface area contributed by atoms with Gasteiger partial charge in [0.1, 0.15) is 0 Å². The predicted molar refractivity (Wildman–Crippen MR) is 56.6 cm³/mol. The summed E-state index contributed by atoms with van der Waals surface area (Å²) in [7, 11) is 0. The minimum Gasteiger partial charge on any atom is -0.393 e. The van der Waals surface area contributed by atoms with Crippen LogP contribution in [0, 0.1) is 0 Å². The molecule has 4 nitrogen and oxygen atoms in total. The molecule has 2 aliphatic rings. The number of nitrogens with one attached hydrogen (secondary N) is 1. The zero-order valence-corrected chi connectivity index (χ0v) is 8.79. The van der Waals surface area contributed by atoms with Gasteiger partial charge in [0.2, 0.25) is 0 Å². The topological polar surface area (TPSA) is 74.9 Å². The van der Waals surface area contributed by atoms with Crippen molar-refractivity contribution in [1.82, 2.24) is 10.2 Å². The third-order valence-electron chi connectivity index (χ3n) is 3.95. The maximum absolute atomic E-state index is 9.47. The maximum atomic E-state index is 9.47. The van der Waals surface area contributed by atoms with Crippen LogP contribution in [0.1, 0.15) is 36.2 Å². The number of aromatic amines is 1. The number of rotatable bonds is 2. The SMILES string of the molecule is NCC1(c2n[nH]c3c2CCC3)CC(O)C1. The Bertz CT molecular complexity index is 379. The third kappa shape index (κ3) is 1.18. The zero-order valence-electron chi connectivity index (χ0n) is 8.79. The summed E-state index contributed by atoms with van der Waals surface area (Å²) in [6.45, 7) is 0.599. The van der Waals surface area contributed by atoms with Gasteiger partial charge in [0.05, 0.1) is 11.8 Å². The highest BCUT2D eigenvalue weighted by Crippen LogP contribution is 2.45. The monoisotopic (exact) mass is 207 g/mol. The lowest BCUT2D eigenvalue weighted by atomic mass is 9.64. The average Bonchev–Trinajstić information content (AvgIpc) is 2.73. The van der Waals surface area contributed by atoms with E-state index in [1.165, 1.54) is 17.7 Å². The number of fused-ring (bicyclic) bond motifs is 1. The Labute approximate surface area is 88.9 Å². The molecule has 1 heterocycles. The van der Waals surface area contributed by atoms with Crippen molar-refractivity contribution in [1.29, 1.82) is 0 Å². The molecule has 0 saturated heterocycles. The summed E-state index contributed by atoms with van der Waals surface area (Å²) in [5.74, 6) is 0. The third-order valence-corrected chi connectivity index (χ3v) is 3.95. The highest BCUT2D eigenvalue weighted by Gasteiger charge is 2.47. The van der Waals surface area contributed by atoms with Crippen LogP contribution >= 0.6 is 0 Å². The predicted octanol–water partition coefficient (Wildman–Crippen LogP) is 0.250. The smallest absolute Gasteiger partial charge is 0.0733 e. The average molecular weight is 207 g/mol. The molecule has 0 spiro atoms. The van der Waals surface area contributed by atoms with Crippen LogP contribution in [0.25, 0.3) is 0 Å². The second-order valence-electron chi connectivity index (χ2n) is 4.93. The molecule has 82 valence electrons. The molecule has 0 atom stereocenters. The van der Waals surface area contributed by atoms with E-state index in [-0.39, 0.29) is 11.5 Å². The standard InChI is InChI=1S/C11H17N3O/c12-6-11(4-7(15)5-11)10-8-2-1-3-9(8)13-14-10/h7,15H,1-6,12H2,(H,13,14). The van der Waals surface area contributed by atoms with E-state index in [1.54, 1.807) is 0 Å². The molecule has 0 amide bonds. The Morgan fingerprint density at radius 3 is 2.93 bits per heavy atom. The Morgan fingerprint density at radius 1 is 1.47 bits per heavy atom. The van der Waals surface area contributed by atoms with Gasteiger partial charge in [0.15, 0.2) is 0 Å². The summed E-state index contributed by atoms with van der Waals surface area (Å²) in [5, 5.41) is 17.0. The van der Waals surface area contributed by atoms with Crippen molar-refractivity contribution in [2.24, 2.45) is 5.73 Å². The Morgan fingerprint density at radius 2 is 2.27 bits per heavy atom. The van der Waals surface area contributed by atoms with Crippen LogP contribution in [0.2, 0.25) is 0 Å². The number of aliphatic hydroxyl groups is 1. The molecular formula is C11H17N3O. The first-order valence-electron chi connectivity index (χ1n) is 5.70. The quantitative estimate of drug-likeness (QED) is 0.650. The highest BCUT2D eigenvalue weighted by atomic mass is 16.3. The lowest BCUT2D eigenvalue weighted by molar-refractivity contribution is 0.0196. The van der Waals surface area contributed by atoms with Crippen LogP contribution in [-0.2, 0) is 18.3 Å². The molecule has 1 saturated carbocycles. The molecular weight excluding hydrogens is 190 g/mol. The van der Waals surface area contributed by atoms with Gasteiger partial charge in [-0.25, -0.2) is 0 Å². The largest absolute Gasteiger partial charge is 0.393 e. The van der Waals surface area contributed by atoms with Crippen molar-refractivity contribution in [3.63, 3.8) is 0 Å². The minimum absolute atomic E-state index is 0.0339. The van der Waals surface area contributed by atoms with Crippen molar-refractivity contribution in [3.8, 4) is 0 Å². The summed E-state index contributed by atoms with van der Waals surface area (Å²) in [6, 6.07) is 0. The van der Waals surface area contributed by atoms with Crippen molar-refractivity contribution in [2.45, 2.75) is 43.6 Å². The van der Waals surface area contributed by atoms with Gasteiger partial charge in [-0.1, -0.05) is 0 Å². The number of aromatic nitrogens is 2. The molecule has 1 fully saturated rings. The van der Waals surface area contributed by atoms with Crippen molar-refractivity contribution in [3.05, 3.63) is 17.0 Å². The summed E-state index contributed by atoms with van der Waals surface area (Å²) in [4.78, 5) is 0. The van der Waals surface area contributed by atoms with Crippen molar-refractivity contribution in [2.75, 3.05) is 6.54 Å². The lowest BCUT2D eigenvalue weighted by Gasteiger charge is -2.44. The fourth-order valence-corrected chi connectivity index (χ4v) is 3.06. The number of aryl methyl sites for hydroxylation is 1. The number of hydrogen-bond acceptors (Lipinski definition) is 3. The summed E-state index contributed by atoms with van der Waals surface area (Å²) in [5.41, 5.74) is 9.63. The molecule has 0 aliphatic heterocycles. The van der Waals surface area contributed by atoms with E-state index in [4.69, 9.17) is 5.73 Å². The van der Waals surface area contributed by atoms with Crippen LogP contribution < -0.4 is 5.73 Å². The van der Waals surface area contributed by atoms with Crippen LogP contribution in [-0.4, -0.2) is 28.0 Å². The molecule has 0 aromatic carbocycles. The van der Waals surface area contributed by atoms with E-state index in [1.807, 2.05) is 0 Å². The zero-order chi connectivity index (χ0) is 10.5. The molecule has 1 aromatic rings. The lowest BCUT2D eigenvalue weighted by Crippen LogP contribution is -2.50. The minimum atomic E-state index is -0.178. The number of aliphatic hydroxyl groups excluding tert-OH is 1. The van der Waals surface area contributed by atoms with Gasteiger partial charge < -0.3 is 10.8 Å². The first-order chi connectivity index (χ1) is 7.25. The molecule has 0 unspecified atom stereocenters. The van der Waals surface area contributed by atoms with Crippen LogP contribution in [0.4, 0.5) is 0 Å². The first kappa shape index (κ1) is 9.36. The number of H-pyrrole nitrogens is 1. The van der Waals surface area contributed by atoms with E-state index >= 15 is 0 Å². The second kappa shape index (κ2) is 3.06. The summed E-state index contributed by atoms with van der Waals surface area (Å²) >= 11 is 0. The van der Waals surface area contributed by atoms with Gasteiger partial charge >= 0.3 is 0 Å². The molecule has 1 aromatic heterocycles. The van der Waals surface area contributed by atoms with E-state index in [0.29, 0.717) is 6.54 Å². The number of nitrogens with two attached hydrogens (primary N) is 1. The number of hydrogen-bond donors (Lipinski definition) is 3. The summed E-state index contributed by atoms with van der Waals surface area (Å²) in [6.07, 6.45) is 4.84. The highest BCUT2D eigenvalue weighted by molar-refractivity contribution is 5.37. The molecule has 2 aliphatic carbocycles. The van der Waals surface area contributed by atoms with Crippen molar-refractivity contribution >= 4 is 0 Å². The van der Waals surface area contributed by atoms with Crippen LogP contribution in [0.15, 0.2) is 0 Å². The molecule has 0 radical (unpaired) electrons. The second-order valence-corrected chi connectivity index (χ2v) is 4.93. The van der Waals surface area contributed by atoms with E-state index in [9.17, 15) is 5.11 Å². The van der Waals surface area contributed by atoms with Gasteiger partial charge in [0, 0.05) is 17.7 Å².